The standard InChI is InChI=1S/C32H41F2N5O4/c1-19-22(27(36-38(19)9)29(40)31(2,3)4)13-15-42-28-23(10-11-24(33)26(28)34)20-12-14-39-25(16-20)21(17-35-39)18-37(8)30(41)43-32(5,6)7/h10-12,14,16-17,29,40H,13,15,18H2,1-9H3. The highest BCUT2D eigenvalue weighted by atomic mass is 19.2. The summed E-state index contributed by atoms with van der Waals surface area (Å²) in [6.45, 7) is 13.3. The van der Waals surface area contributed by atoms with Crippen molar-refractivity contribution in [1.82, 2.24) is 24.3 Å². The molecule has 0 radical (unpaired) electrons. The second kappa shape index (κ2) is 11.9. The Labute approximate surface area is 251 Å². The Bertz CT molecular complexity index is 1630. The third-order valence-corrected chi connectivity index (χ3v) is 7.24. The van der Waals surface area contributed by atoms with Crippen molar-refractivity contribution in [3.63, 3.8) is 0 Å². The molecule has 11 heteroatoms. The average molecular weight is 598 g/mol. The van der Waals surface area contributed by atoms with Crippen LogP contribution < -0.4 is 4.74 Å². The fourth-order valence-electron chi connectivity index (χ4n) is 4.75. The predicted octanol–water partition coefficient (Wildman–Crippen LogP) is 6.39. The van der Waals surface area contributed by atoms with Crippen LogP contribution in [0.4, 0.5) is 13.6 Å². The van der Waals surface area contributed by atoms with E-state index in [9.17, 15) is 14.3 Å². The summed E-state index contributed by atoms with van der Waals surface area (Å²) >= 11 is 0. The van der Waals surface area contributed by atoms with E-state index < -0.39 is 34.8 Å². The second-order valence-corrected chi connectivity index (χ2v) is 12.9. The first-order valence-corrected chi connectivity index (χ1v) is 14.2. The van der Waals surface area contributed by atoms with Crippen LogP contribution in [0.5, 0.6) is 5.75 Å². The Balaban J connectivity index is 1.62. The molecule has 1 N–H and O–H groups in total. The van der Waals surface area contributed by atoms with Gasteiger partial charge in [-0.15, -0.1) is 0 Å². The first kappa shape index (κ1) is 31.9. The van der Waals surface area contributed by atoms with Crippen LogP contribution in [0.1, 0.15) is 70.2 Å². The number of carbonyl (C=O) groups is 1. The number of ether oxygens (including phenoxy) is 2. The van der Waals surface area contributed by atoms with Crippen molar-refractivity contribution >= 4 is 11.6 Å². The quantitative estimate of drug-likeness (QED) is 0.253. The summed E-state index contributed by atoms with van der Waals surface area (Å²) < 4.78 is 44.4. The molecule has 4 aromatic rings. The number of pyridine rings is 1. The van der Waals surface area contributed by atoms with E-state index in [1.54, 1.807) is 68.6 Å². The van der Waals surface area contributed by atoms with Gasteiger partial charge in [0.25, 0.3) is 0 Å². The van der Waals surface area contributed by atoms with Crippen molar-refractivity contribution in [2.75, 3.05) is 13.7 Å². The Hall–Kier alpha value is -3.99. The van der Waals surface area contributed by atoms with Crippen molar-refractivity contribution in [3.8, 4) is 16.9 Å². The molecule has 0 spiro atoms. The van der Waals surface area contributed by atoms with Crippen molar-refractivity contribution in [3.05, 3.63) is 70.8 Å². The maximum absolute atomic E-state index is 15.2. The largest absolute Gasteiger partial charge is 0.489 e. The topological polar surface area (TPSA) is 94.1 Å². The van der Waals surface area contributed by atoms with E-state index in [1.165, 1.54) is 11.0 Å². The number of rotatable bonds is 8. The predicted molar refractivity (Wildman–Crippen MR) is 160 cm³/mol. The molecular weight excluding hydrogens is 556 g/mol. The first-order chi connectivity index (χ1) is 20.0. The first-order valence-electron chi connectivity index (χ1n) is 14.2. The third-order valence-electron chi connectivity index (χ3n) is 7.24. The number of hydrogen-bond acceptors (Lipinski definition) is 6. The Morgan fingerprint density at radius 2 is 1.84 bits per heavy atom. The van der Waals surface area contributed by atoms with E-state index in [1.807, 2.05) is 27.7 Å². The maximum Gasteiger partial charge on any atom is 0.410 e. The van der Waals surface area contributed by atoms with Gasteiger partial charge in [-0.1, -0.05) is 20.8 Å². The number of nitrogens with zero attached hydrogens (tertiary/aromatic N) is 5. The molecule has 0 aliphatic rings. The molecule has 0 aliphatic heterocycles. The van der Waals surface area contributed by atoms with Crippen LogP contribution >= 0.6 is 0 Å². The minimum absolute atomic E-state index is 0.0324. The lowest BCUT2D eigenvalue weighted by Gasteiger charge is -2.25. The summed E-state index contributed by atoms with van der Waals surface area (Å²) in [4.78, 5) is 14.0. The fraction of sp³-hybridized carbons (Fsp3) is 0.469. The smallest absolute Gasteiger partial charge is 0.410 e. The van der Waals surface area contributed by atoms with E-state index in [0.717, 1.165) is 22.9 Å². The van der Waals surface area contributed by atoms with E-state index in [2.05, 4.69) is 10.2 Å². The zero-order chi connectivity index (χ0) is 31.9. The summed E-state index contributed by atoms with van der Waals surface area (Å²) in [5, 5.41) is 19.8. The van der Waals surface area contributed by atoms with Gasteiger partial charge in [-0.3, -0.25) is 4.68 Å². The van der Waals surface area contributed by atoms with Crippen LogP contribution in [0.3, 0.4) is 0 Å². The highest BCUT2D eigenvalue weighted by Crippen LogP contribution is 2.37. The molecule has 9 nitrogen and oxygen atoms in total. The number of aliphatic hydroxyl groups excluding tert-OH is 1. The van der Waals surface area contributed by atoms with Gasteiger partial charge in [0.1, 0.15) is 11.7 Å². The van der Waals surface area contributed by atoms with Crippen LogP contribution in [0.25, 0.3) is 16.6 Å². The van der Waals surface area contributed by atoms with Gasteiger partial charge in [-0.25, -0.2) is 13.7 Å². The zero-order valence-electron chi connectivity index (χ0n) is 26.3. The molecule has 3 aromatic heterocycles. The maximum atomic E-state index is 15.2. The van der Waals surface area contributed by atoms with Crippen LogP contribution in [0.15, 0.2) is 36.7 Å². The van der Waals surface area contributed by atoms with Crippen molar-refractivity contribution in [2.24, 2.45) is 12.5 Å². The number of carbonyl (C=O) groups excluding carboxylic acids is 1. The molecule has 4 rings (SSSR count). The monoisotopic (exact) mass is 597 g/mol. The fourth-order valence-corrected chi connectivity index (χ4v) is 4.75. The van der Waals surface area contributed by atoms with E-state index in [-0.39, 0.29) is 18.9 Å². The summed E-state index contributed by atoms with van der Waals surface area (Å²) in [5.41, 5.74) is 3.53. The van der Waals surface area contributed by atoms with Crippen molar-refractivity contribution in [2.45, 2.75) is 73.1 Å². The van der Waals surface area contributed by atoms with Gasteiger partial charge in [0.05, 0.1) is 30.6 Å². The number of aliphatic hydroxyl groups is 1. The van der Waals surface area contributed by atoms with Crippen LogP contribution in [-0.4, -0.2) is 54.7 Å². The molecule has 0 saturated carbocycles. The molecule has 1 unspecified atom stereocenters. The number of fused-ring (bicyclic) bond motifs is 1. The molecule has 0 bridgehead atoms. The number of aromatic nitrogens is 4. The van der Waals surface area contributed by atoms with Crippen LogP contribution in [0, 0.1) is 24.0 Å². The van der Waals surface area contributed by atoms with Crippen LogP contribution in [0.2, 0.25) is 0 Å². The van der Waals surface area contributed by atoms with Gasteiger partial charge in [0.2, 0.25) is 5.82 Å². The molecular formula is C32H41F2N5O4. The molecule has 232 valence electrons. The van der Waals surface area contributed by atoms with Crippen molar-refractivity contribution in [1.29, 1.82) is 0 Å². The number of aryl methyl sites for hydroxylation is 1. The molecule has 0 fully saturated rings. The van der Waals surface area contributed by atoms with E-state index in [0.29, 0.717) is 28.8 Å². The van der Waals surface area contributed by atoms with Gasteiger partial charge < -0.3 is 19.5 Å². The highest BCUT2D eigenvalue weighted by Gasteiger charge is 2.30. The molecule has 43 heavy (non-hydrogen) atoms. The van der Waals surface area contributed by atoms with Gasteiger partial charge in [0, 0.05) is 49.1 Å². The normalized spacial score (nSPS) is 12.9. The summed E-state index contributed by atoms with van der Waals surface area (Å²) in [7, 11) is 3.44. The molecule has 1 amide bonds. The minimum Gasteiger partial charge on any atom is -0.489 e. The van der Waals surface area contributed by atoms with E-state index in [4.69, 9.17) is 9.47 Å². The Morgan fingerprint density at radius 1 is 1.14 bits per heavy atom. The summed E-state index contributed by atoms with van der Waals surface area (Å²) in [6.07, 6.45) is 2.42. The number of halogens is 2. The molecule has 0 aliphatic carbocycles. The van der Waals surface area contributed by atoms with E-state index >= 15 is 4.39 Å². The SMILES string of the molecule is Cc1c(CCOc2c(-c3ccn4ncc(CN(C)C(=O)OC(C)(C)C)c4c3)ccc(F)c2F)c(C(O)C(C)(C)C)nn1C. The van der Waals surface area contributed by atoms with Gasteiger partial charge >= 0.3 is 6.09 Å². The number of amides is 1. The lowest BCUT2D eigenvalue weighted by Crippen LogP contribution is -2.33. The van der Waals surface area contributed by atoms with Gasteiger partial charge in [-0.2, -0.15) is 14.6 Å². The second-order valence-electron chi connectivity index (χ2n) is 12.9. The van der Waals surface area contributed by atoms with Gasteiger partial charge in [-0.05, 0) is 62.9 Å². The molecule has 1 atom stereocenters. The minimum atomic E-state index is -1.09. The highest BCUT2D eigenvalue weighted by molar-refractivity contribution is 5.75. The summed E-state index contributed by atoms with van der Waals surface area (Å²) in [5.74, 6) is -2.32. The van der Waals surface area contributed by atoms with Crippen LogP contribution in [-0.2, 0) is 24.8 Å². The Kier molecular flexibility index (Phi) is 8.87. The molecule has 0 saturated heterocycles. The number of benzene rings is 1. The third kappa shape index (κ3) is 6.98. The Morgan fingerprint density at radius 3 is 2.49 bits per heavy atom. The zero-order valence-corrected chi connectivity index (χ0v) is 26.3. The molecule has 1 aromatic carbocycles. The summed E-state index contributed by atoms with van der Waals surface area (Å²) in [6, 6.07) is 6.09. The lowest BCUT2D eigenvalue weighted by molar-refractivity contribution is 0.0285. The average Bonchev–Trinajstić information content (AvgIpc) is 3.44. The molecule has 3 heterocycles. The van der Waals surface area contributed by atoms with Gasteiger partial charge in [0.15, 0.2) is 11.6 Å². The number of hydrogen-bond donors (Lipinski definition) is 1. The lowest BCUT2D eigenvalue weighted by atomic mass is 9.85. The van der Waals surface area contributed by atoms with Crippen molar-refractivity contribution < 1.29 is 28.2 Å².